The van der Waals surface area contributed by atoms with Crippen molar-refractivity contribution in [3.63, 3.8) is 0 Å². The molecule has 0 aromatic heterocycles. The Morgan fingerprint density at radius 2 is 2.12 bits per heavy atom. The summed E-state index contributed by atoms with van der Waals surface area (Å²) in [5.74, 6) is 0.0846. The van der Waals surface area contributed by atoms with Crippen molar-refractivity contribution in [1.82, 2.24) is 9.62 Å². The number of sulfonamides is 1. The maximum absolute atomic E-state index is 12.0. The van der Waals surface area contributed by atoms with Gasteiger partial charge < -0.3 is 10.1 Å². The lowest BCUT2D eigenvalue weighted by molar-refractivity contribution is 0.162. The van der Waals surface area contributed by atoms with Crippen LogP contribution in [0.4, 0.5) is 0 Å². The molecule has 1 N–H and O–H groups in total. The van der Waals surface area contributed by atoms with Crippen LogP contribution >= 0.6 is 0 Å². The summed E-state index contributed by atoms with van der Waals surface area (Å²) in [6, 6.07) is 0.136. The molecule has 0 aromatic rings. The van der Waals surface area contributed by atoms with Gasteiger partial charge in [0.1, 0.15) is 0 Å². The summed E-state index contributed by atoms with van der Waals surface area (Å²) in [6.07, 6.45) is 2.87. The number of rotatable bonds is 6. The molecule has 0 aliphatic carbocycles. The van der Waals surface area contributed by atoms with Crippen LogP contribution in [0, 0.1) is 0 Å². The average Bonchev–Trinajstić information content (AvgIpc) is 2.56. The largest absolute Gasteiger partial charge is 0.381 e. The van der Waals surface area contributed by atoms with Crippen LogP contribution in [0.3, 0.4) is 0 Å². The summed E-state index contributed by atoms with van der Waals surface area (Å²) in [5.41, 5.74) is 0. The van der Waals surface area contributed by atoms with Crippen LogP contribution in [0.1, 0.15) is 26.2 Å². The molecule has 1 atom stereocenters. The van der Waals surface area contributed by atoms with Crippen LogP contribution < -0.4 is 5.32 Å². The quantitative estimate of drug-likeness (QED) is 0.707. The first-order chi connectivity index (χ1) is 8.08. The normalized spacial score (nSPS) is 22.6. The Hall–Kier alpha value is -0.170. The standard InChI is InChI=1S/C11H24N2O3S/c1-3-16-9-10-17(14,15)13(2)11-5-4-7-12-8-6-11/h11-12H,3-10H2,1-2H3. The number of ether oxygens (including phenoxy) is 1. The molecule has 5 nitrogen and oxygen atoms in total. The van der Waals surface area contributed by atoms with E-state index in [1.165, 1.54) is 0 Å². The van der Waals surface area contributed by atoms with Crippen LogP contribution in [-0.2, 0) is 14.8 Å². The average molecular weight is 264 g/mol. The lowest BCUT2D eigenvalue weighted by Crippen LogP contribution is -2.39. The van der Waals surface area contributed by atoms with Crippen LogP contribution in [0.5, 0.6) is 0 Å². The highest BCUT2D eigenvalue weighted by Gasteiger charge is 2.26. The molecule has 6 heteroatoms. The maximum Gasteiger partial charge on any atom is 0.216 e. The molecular weight excluding hydrogens is 240 g/mol. The van der Waals surface area contributed by atoms with E-state index in [0.29, 0.717) is 6.61 Å². The zero-order chi connectivity index (χ0) is 12.7. The van der Waals surface area contributed by atoms with Gasteiger partial charge in [0.2, 0.25) is 10.0 Å². The van der Waals surface area contributed by atoms with E-state index in [-0.39, 0.29) is 18.4 Å². The molecule has 1 aliphatic heterocycles. The Kier molecular flexibility index (Phi) is 6.40. The number of hydrogen-bond acceptors (Lipinski definition) is 4. The van der Waals surface area contributed by atoms with Crippen molar-refractivity contribution >= 4 is 10.0 Å². The summed E-state index contributed by atoms with van der Waals surface area (Å²) in [6.45, 7) is 4.60. The van der Waals surface area contributed by atoms with Crippen LogP contribution in [0.15, 0.2) is 0 Å². The van der Waals surface area contributed by atoms with Gasteiger partial charge in [-0.05, 0) is 39.3 Å². The minimum atomic E-state index is -3.17. The molecule has 1 aliphatic rings. The lowest BCUT2D eigenvalue weighted by Gasteiger charge is -2.26. The molecule has 0 aromatic carbocycles. The lowest BCUT2D eigenvalue weighted by atomic mass is 10.1. The minimum absolute atomic E-state index is 0.0846. The van der Waals surface area contributed by atoms with E-state index < -0.39 is 10.0 Å². The van der Waals surface area contributed by atoms with Gasteiger partial charge in [-0.15, -0.1) is 0 Å². The fourth-order valence-corrected chi connectivity index (χ4v) is 3.33. The third-order valence-corrected chi connectivity index (χ3v) is 5.05. The van der Waals surface area contributed by atoms with Gasteiger partial charge in [0, 0.05) is 19.7 Å². The van der Waals surface area contributed by atoms with Crippen molar-refractivity contribution in [2.24, 2.45) is 0 Å². The highest BCUT2D eigenvalue weighted by molar-refractivity contribution is 7.89. The molecule has 0 spiro atoms. The Bertz CT molecular complexity index is 298. The highest BCUT2D eigenvalue weighted by atomic mass is 32.2. The van der Waals surface area contributed by atoms with E-state index in [0.717, 1.165) is 32.4 Å². The van der Waals surface area contributed by atoms with Gasteiger partial charge >= 0.3 is 0 Å². The summed E-state index contributed by atoms with van der Waals surface area (Å²) >= 11 is 0. The van der Waals surface area contributed by atoms with Crippen LogP contribution in [0.25, 0.3) is 0 Å². The van der Waals surface area contributed by atoms with Gasteiger partial charge in [-0.25, -0.2) is 12.7 Å². The summed E-state index contributed by atoms with van der Waals surface area (Å²) in [7, 11) is -1.48. The van der Waals surface area contributed by atoms with Crippen LogP contribution in [-0.4, -0.2) is 57.9 Å². The van der Waals surface area contributed by atoms with E-state index >= 15 is 0 Å². The van der Waals surface area contributed by atoms with Gasteiger partial charge in [-0.2, -0.15) is 0 Å². The summed E-state index contributed by atoms with van der Waals surface area (Å²) in [4.78, 5) is 0. The van der Waals surface area contributed by atoms with Gasteiger partial charge in [-0.3, -0.25) is 0 Å². The molecule has 1 saturated heterocycles. The van der Waals surface area contributed by atoms with Crippen molar-refractivity contribution in [3.8, 4) is 0 Å². The third-order valence-electron chi connectivity index (χ3n) is 3.19. The fraction of sp³-hybridized carbons (Fsp3) is 1.00. The molecule has 1 unspecified atom stereocenters. The molecule has 0 bridgehead atoms. The van der Waals surface area contributed by atoms with E-state index in [9.17, 15) is 8.42 Å². The van der Waals surface area contributed by atoms with Gasteiger partial charge in [0.15, 0.2) is 0 Å². The Morgan fingerprint density at radius 3 is 2.82 bits per heavy atom. The number of nitrogens with zero attached hydrogens (tertiary/aromatic N) is 1. The van der Waals surface area contributed by atoms with E-state index in [1.54, 1.807) is 11.4 Å². The van der Waals surface area contributed by atoms with Crippen molar-refractivity contribution < 1.29 is 13.2 Å². The Labute approximate surface area is 105 Å². The third kappa shape index (κ3) is 4.91. The zero-order valence-corrected chi connectivity index (χ0v) is 11.6. The van der Waals surface area contributed by atoms with Gasteiger partial charge in [0.05, 0.1) is 12.4 Å². The zero-order valence-electron chi connectivity index (χ0n) is 10.8. The molecule has 1 rings (SSSR count). The molecule has 1 fully saturated rings. The predicted molar refractivity (Wildman–Crippen MR) is 68.6 cm³/mol. The summed E-state index contributed by atoms with van der Waals surface area (Å²) in [5, 5.41) is 3.29. The maximum atomic E-state index is 12.0. The highest BCUT2D eigenvalue weighted by Crippen LogP contribution is 2.15. The monoisotopic (exact) mass is 264 g/mol. The smallest absolute Gasteiger partial charge is 0.216 e. The van der Waals surface area contributed by atoms with Crippen LogP contribution in [0.2, 0.25) is 0 Å². The van der Waals surface area contributed by atoms with E-state index in [1.807, 2.05) is 6.92 Å². The van der Waals surface area contributed by atoms with E-state index in [4.69, 9.17) is 4.74 Å². The topological polar surface area (TPSA) is 58.6 Å². The molecule has 0 radical (unpaired) electrons. The second kappa shape index (κ2) is 7.31. The summed E-state index contributed by atoms with van der Waals surface area (Å²) < 4.78 is 30.7. The first kappa shape index (κ1) is 14.9. The first-order valence-electron chi connectivity index (χ1n) is 6.32. The molecular formula is C11H24N2O3S. The fourth-order valence-electron chi connectivity index (χ4n) is 2.04. The molecule has 0 saturated carbocycles. The van der Waals surface area contributed by atoms with Crippen molar-refractivity contribution in [1.29, 1.82) is 0 Å². The molecule has 102 valence electrons. The molecule has 1 heterocycles. The second-order valence-corrected chi connectivity index (χ2v) is 6.51. The van der Waals surface area contributed by atoms with Gasteiger partial charge in [0.25, 0.3) is 0 Å². The van der Waals surface area contributed by atoms with Crippen molar-refractivity contribution in [3.05, 3.63) is 0 Å². The molecule has 0 amide bonds. The minimum Gasteiger partial charge on any atom is -0.381 e. The number of hydrogen-bond donors (Lipinski definition) is 1. The van der Waals surface area contributed by atoms with Crippen molar-refractivity contribution in [2.75, 3.05) is 39.1 Å². The van der Waals surface area contributed by atoms with Gasteiger partial charge in [-0.1, -0.05) is 0 Å². The Morgan fingerprint density at radius 1 is 1.35 bits per heavy atom. The number of nitrogens with one attached hydrogen (secondary N) is 1. The van der Waals surface area contributed by atoms with Crippen molar-refractivity contribution in [2.45, 2.75) is 32.2 Å². The predicted octanol–water partition coefficient (Wildman–Crippen LogP) is 0.427. The van der Waals surface area contributed by atoms with E-state index in [2.05, 4.69) is 5.32 Å². The first-order valence-corrected chi connectivity index (χ1v) is 7.93. The second-order valence-electron chi connectivity index (χ2n) is 4.36. The molecule has 17 heavy (non-hydrogen) atoms. The Balaban J connectivity index is 2.50. The SMILES string of the molecule is CCOCCS(=O)(=O)N(C)C1CCCNCC1.